The zero-order valence-corrected chi connectivity index (χ0v) is 11.4. The summed E-state index contributed by atoms with van der Waals surface area (Å²) in [5, 5.41) is 0. The molecule has 0 spiro atoms. The average molecular weight is 240 g/mol. The van der Waals surface area contributed by atoms with E-state index in [9.17, 15) is 0 Å². The Hall–Kier alpha value is -1.70. The fourth-order valence-corrected chi connectivity index (χ4v) is 1.88. The molecule has 2 nitrogen and oxygen atoms in total. The summed E-state index contributed by atoms with van der Waals surface area (Å²) in [7, 11) is 0. The summed E-state index contributed by atoms with van der Waals surface area (Å²) >= 11 is 0. The summed E-state index contributed by atoms with van der Waals surface area (Å²) < 4.78 is 0. The molecule has 0 saturated heterocycles. The van der Waals surface area contributed by atoms with E-state index in [1.165, 1.54) is 24.1 Å². The van der Waals surface area contributed by atoms with Crippen LogP contribution in [-0.4, -0.2) is 10.7 Å². The minimum absolute atomic E-state index is 0.633. The molecular formula is C16H20N2. The van der Waals surface area contributed by atoms with Crippen LogP contribution in [-0.2, 0) is 0 Å². The van der Waals surface area contributed by atoms with Gasteiger partial charge in [0.2, 0.25) is 0 Å². The molecule has 18 heavy (non-hydrogen) atoms. The Bertz CT molecular complexity index is 505. The van der Waals surface area contributed by atoms with Crippen LogP contribution >= 0.6 is 0 Å². The standard InChI is InChI=1S/C16H20N2/c1-11(2)12(3)16(14-7-8-14)18-13(4)15-6-5-9-17-10-15/h5-6,9-10,14H,1,7-8H2,2-4H3/b16-12+,18-13+. The summed E-state index contributed by atoms with van der Waals surface area (Å²) in [6.45, 7) is 10.2. The number of aromatic nitrogens is 1. The van der Waals surface area contributed by atoms with Gasteiger partial charge in [-0.05, 0) is 45.3 Å². The summed E-state index contributed by atoms with van der Waals surface area (Å²) in [5.74, 6) is 0.633. The summed E-state index contributed by atoms with van der Waals surface area (Å²) in [6, 6.07) is 3.99. The zero-order chi connectivity index (χ0) is 13.1. The maximum Gasteiger partial charge on any atom is 0.0469 e. The van der Waals surface area contributed by atoms with Gasteiger partial charge in [-0.1, -0.05) is 18.2 Å². The predicted octanol–water partition coefficient (Wildman–Crippen LogP) is 4.15. The highest BCUT2D eigenvalue weighted by molar-refractivity contribution is 5.99. The fourth-order valence-electron chi connectivity index (χ4n) is 1.88. The van der Waals surface area contributed by atoms with E-state index < -0.39 is 0 Å². The Morgan fingerprint density at radius 2 is 2.06 bits per heavy atom. The van der Waals surface area contributed by atoms with Crippen molar-refractivity contribution in [2.75, 3.05) is 0 Å². The first-order chi connectivity index (χ1) is 8.59. The molecule has 1 aromatic heterocycles. The molecule has 94 valence electrons. The fraction of sp³-hybridized carbons (Fsp3) is 0.375. The van der Waals surface area contributed by atoms with Crippen LogP contribution in [0.5, 0.6) is 0 Å². The van der Waals surface area contributed by atoms with Crippen LogP contribution in [0.15, 0.2) is 52.9 Å². The van der Waals surface area contributed by atoms with Crippen LogP contribution < -0.4 is 0 Å². The summed E-state index contributed by atoms with van der Waals surface area (Å²) in [5.41, 5.74) is 5.68. The van der Waals surface area contributed by atoms with Gasteiger partial charge in [-0.2, -0.15) is 0 Å². The van der Waals surface area contributed by atoms with Crippen LogP contribution in [0.4, 0.5) is 0 Å². The van der Waals surface area contributed by atoms with Gasteiger partial charge in [0.1, 0.15) is 0 Å². The number of aliphatic imine (C=N–C) groups is 1. The largest absolute Gasteiger partial charge is 0.264 e. The number of rotatable bonds is 4. The Morgan fingerprint density at radius 3 is 2.56 bits per heavy atom. The van der Waals surface area contributed by atoms with Crippen molar-refractivity contribution in [2.45, 2.75) is 33.6 Å². The molecule has 1 heterocycles. The lowest BCUT2D eigenvalue weighted by Crippen LogP contribution is -1.99. The van der Waals surface area contributed by atoms with Crippen molar-refractivity contribution < 1.29 is 0 Å². The highest BCUT2D eigenvalue weighted by atomic mass is 14.8. The van der Waals surface area contributed by atoms with E-state index >= 15 is 0 Å². The van der Waals surface area contributed by atoms with Crippen molar-refractivity contribution in [1.29, 1.82) is 0 Å². The Balaban J connectivity index is 2.35. The molecule has 1 saturated carbocycles. The van der Waals surface area contributed by atoms with Gasteiger partial charge >= 0.3 is 0 Å². The average Bonchev–Trinajstić information content (AvgIpc) is 3.20. The zero-order valence-electron chi connectivity index (χ0n) is 11.4. The molecule has 0 aromatic carbocycles. The topological polar surface area (TPSA) is 25.2 Å². The molecule has 1 fully saturated rings. The number of pyridine rings is 1. The second-order valence-corrected chi connectivity index (χ2v) is 5.00. The molecule has 0 N–H and O–H groups in total. The molecule has 0 bridgehead atoms. The molecule has 0 unspecified atom stereocenters. The molecule has 2 rings (SSSR count). The van der Waals surface area contributed by atoms with Crippen LogP contribution in [0.2, 0.25) is 0 Å². The van der Waals surface area contributed by atoms with Crippen LogP contribution in [0.3, 0.4) is 0 Å². The van der Waals surface area contributed by atoms with Gasteiger partial charge in [0.25, 0.3) is 0 Å². The molecule has 0 radical (unpaired) electrons. The Kier molecular flexibility index (Phi) is 3.75. The van der Waals surface area contributed by atoms with E-state index in [4.69, 9.17) is 4.99 Å². The van der Waals surface area contributed by atoms with Crippen molar-refractivity contribution in [3.63, 3.8) is 0 Å². The van der Waals surface area contributed by atoms with E-state index in [-0.39, 0.29) is 0 Å². The molecule has 1 aromatic rings. The van der Waals surface area contributed by atoms with E-state index in [1.54, 1.807) is 6.20 Å². The van der Waals surface area contributed by atoms with Crippen molar-refractivity contribution in [2.24, 2.45) is 10.9 Å². The molecule has 0 aliphatic heterocycles. The van der Waals surface area contributed by atoms with Gasteiger partial charge in [0, 0.05) is 35.3 Å². The minimum Gasteiger partial charge on any atom is -0.264 e. The van der Waals surface area contributed by atoms with Crippen molar-refractivity contribution in [3.05, 3.63) is 53.5 Å². The van der Waals surface area contributed by atoms with Gasteiger partial charge in [-0.25, -0.2) is 0 Å². The Labute approximate surface area is 109 Å². The lowest BCUT2D eigenvalue weighted by molar-refractivity contribution is 0.949. The van der Waals surface area contributed by atoms with E-state index in [1.807, 2.05) is 32.2 Å². The predicted molar refractivity (Wildman–Crippen MR) is 76.7 cm³/mol. The first kappa shape index (κ1) is 12.7. The van der Waals surface area contributed by atoms with E-state index in [2.05, 4.69) is 18.5 Å². The first-order valence-corrected chi connectivity index (χ1v) is 6.42. The van der Waals surface area contributed by atoms with E-state index in [0.29, 0.717) is 5.92 Å². The number of hydrogen-bond acceptors (Lipinski definition) is 2. The van der Waals surface area contributed by atoms with Crippen molar-refractivity contribution >= 4 is 5.71 Å². The molecule has 0 atom stereocenters. The summed E-state index contributed by atoms with van der Waals surface area (Å²) in [4.78, 5) is 8.96. The highest BCUT2D eigenvalue weighted by Gasteiger charge is 2.27. The summed E-state index contributed by atoms with van der Waals surface area (Å²) in [6.07, 6.45) is 6.15. The lowest BCUT2D eigenvalue weighted by Gasteiger charge is -2.08. The molecular weight excluding hydrogens is 220 g/mol. The van der Waals surface area contributed by atoms with Gasteiger partial charge in [-0.15, -0.1) is 0 Å². The maximum absolute atomic E-state index is 4.83. The maximum atomic E-state index is 4.83. The normalized spacial score (nSPS) is 17.4. The van der Waals surface area contributed by atoms with Gasteiger partial charge in [-0.3, -0.25) is 9.98 Å². The Morgan fingerprint density at radius 1 is 1.33 bits per heavy atom. The highest BCUT2D eigenvalue weighted by Crippen LogP contribution is 2.40. The third-order valence-corrected chi connectivity index (χ3v) is 3.36. The van der Waals surface area contributed by atoms with Gasteiger partial charge in [0.05, 0.1) is 0 Å². The second-order valence-electron chi connectivity index (χ2n) is 5.00. The first-order valence-electron chi connectivity index (χ1n) is 6.42. The quantitative estimate of drug-likeness (QED) is 0.573. The third kappa shape index (κ3) is 2.95. The molecule has 1 aliphatic rings. The molecule has 1 aliphatic carbocycles. The van der Waals surface area contributed by atoms with Crippen molar-refractivity contribution in [1.82, 2.24) is 4.98 Å². The van der Waals surface area contributed by atoms with Gasteiger partial charge in [0.15, 0.2) is 0 Å². The SMILES string of the molecule is C=C(C)/C(C)=C(/N=C(\C)c1cccnc1)C1CC1. The second kappa shape index (κ2) is 5.30. The number of allylic oxidation sites excluding steroid dienone is 3. The third-order valence-electron chi connectivity index (χ3n) is 3.36. The smallest absolute Gasteiger partial charge is 0.0469 e. The lowest BCUT2D eigenvalue weighted by atomic mass is 10.1. The molecule has 0 amide bonds. The van der Waals surface area contributed by atoms with E-state index in [0.717, 1.165) is 16.8 Å². The number of nitrogens with zero attached hydrogens (tertiary/aromatic N) is 2. The van der Waals surface area contributed by atoms with Gasteiger partial charge < -0.3 is 0 Å². The van der Waals surface area contributed by atoms with Crippen LogP contribution in [0.25, 0.3) is 0 Å². The monoisotopic (exact) mass is 240 g/mol. The molecule has 2 heteroatoms. The number of hydrogen-bond donors (Lipinski definition) is 0. The van der Waals surface area contributed by atoms with Crippen LogP contribution in [0, 0.1) is 5.92 Å². The van der Waals surface area contributed by atoms with Crippen molar-refractivity contribution in [3.8, 4) is 0 Å². The minimum atomic E-state index is 0.633. The van der Waals surface area contributed by atoms with Crippen LogP contribution in [0.1, 0.15) is 39.2 Å².